The molecule has 0 aliphatic carbocycles. The van der Waals surface area contributed by atoms with Gasteiger partial charge in [0.25, 0.3) is 10.0 Å². The predicted molar refractivity (Wildman–Crippen MR) is 97.8 cm³/mol. The monoisotopic (exact) mass is 440 g/mol. The number of anilines is 1. The number of aryl methyl sites for hydroxylation is 1. The Kier molecular flexibility index (Phi) is 4.49. The first-order valence-corrected chi connectivity index (χ1v) is 9.75. The molecule has 0 saturated carbocycles. The van der Waals surface area contributed by atoms with Crippen molar-refractivity contribution >= 4 is 26.6 Å². The molecule has 4 rings (SSSR count). The highest BCUT2D eigenvalue weighted by Gasteiger charge is 2.32. The van der Waals surface area contributed by atoms with Gasteiger partial charge in [-0.2, -0.15) is 23.4 Å². The number of hydrogen-bond donors (Lipinski definition) is 1. The smallest absolute Gasteiger partial charge is 0.277 e. The van der Waals surface area contributed by atoms with E-state index in [9.17, 15) is 26.0 Å². The molecule has 13 heteroatoms. The predicted octanol–water partition coefficient (Wildman–Crippen LogP) is 3.11. The lowest BCUT2D eigenvalue weighted by Gasteiger charge is -2.11. The average molecular weight is 440 g/mol. The van der Waals surface area contributed by atoms with Gasteiger partial charge in [-0.25, -0.2) is 22.5 Å². The van der Waals surface area contributed by atoms with Crippen molar-refractivity contribution in [3.8, 4) is 5.82 Å². The first-order valence-electron chi connectivity index (χ1n) is 8.27. The molecule has 0 unspecified atom stereocenters. The Morgan fingerprint density at radius 1 is 1.07 bits per heavy atom. The minimum absolute atomic E-state index is 0.00997. The van der Waals surface area contributed by atoms with Gasteiger partial charge in [-0.1, -0.05) is 0 Å². The summed E-state index contributed by atoms with van der Waals surface area (Å²) in [6, 6.07) is 4.59. The minimum Gasteiger partial charge on any atom is -0.277 e. The van der Waals surface area contributed by atoms with Gasteiger partial charge in [-0.15, -0.1) is 0 Å². The summed E-state index contributed by atoms with van der Waals surface area (Å²) in [5.41, 5.74) is -0.606. The number of rotatable bonds is 4. The van der Waals surface area contributed by atoms with Crippen LogP contribution in [0.5, 0.6) is 0 Å². The zero-order chi connectivity index (χ0) is 21.7. The number of sulfonamides is 1. The Labute approximate surface area is 166 Å². The number of nitrogens with zero attached hydrogens (tertiary/aromatic N) is 5. The van der Waals surface area contributed by atoms with E-state index in [4.69, 9.17) is 0 Å². The normalized spacial score (nSPS) is 12.4. The molecule has 4 aromatic rings. The lowest BCUT2D eigenvalue weighted by atomic mass is 10.2. The Balaban J connectivity index is 1.64. The summed E-state index contributed by atoms with van der Waals surface area (Å²) in [6.07, 6.45) is -0.830. The highest BCUT2D eigenvalue weighted by Crippen LogP contribution is 2.29. The van der Waals surface area contributed by atoms with Crippen LogP contribution in [-0.2, 0) is 23.2 Å². The molecule has 1 aromatic carbocycles. The number of nitrogens with one attached hydrogen (secondary N) is 1. The lowest BCUT2D eigenvalue weighted by molar-refractivity contribution is -0.137. The van der Waals surface area contributed by atoms with Gasteiger partial charge in [0.1, 0.15) is 10.7 Å². The van der Waals surface area contributed by atoms with Gasteiger partial charge < -0.3 is 0 Å². The van der Waals surface area contributed by atoms with Crippen molar-refractivity contribution < 1.29 is 26.0 Å². The van der Waals surface area contributed by atoms with Crippen molar-refractivity contribution in [1.82, 2.24) is 24.5 Å². The van der Waals surface area contributed by atoms with E-state index in [1.54, 1.807) is 7.05 Å². The molecule has 0 amide bonds. The second-order valence-corrected chi connectivity index (χ2v) is 7.97. The fraction of sp³-hybridized carbons (Fsp3) is 0.118. The standard InChI is InChI=1S/C17H12F4N6O2S/c1-26-16-10(6-23-26)4-12(18)5-14(16)25-30(28,29)13-2-3-15(22-8-13)27-9-11(7-24-27)17(19,20)21/h2-9,25H,1H3. The fourth-order valence-corrected chi connectivity index (χ4v) is 3.83. The summed E-state index contributed by atoms with van der Waals surface area (Å²) in [5.74, 6) is -0.662. The summed E-state index contributed by atoms with van der Waals surface area (Å²) in [7, 11) is -2.59. The van der Waals surface area contributed by atoms with Crippen LogP contribution in [0, 0.1) is 5.82 Å². The third-order valence-electron chi connectivity index (χ3n) is 4.22. The Hall–Kier alpha value is -3.48. The first-order chi connectivity index (χ1) is 14.0. The fourth-order valence-electron chi connectivity index (χ4n) is 2.83. The summed E-state index contributed by atoms with van der Waals surface area (Å²) in [5, 5.41) is 7.96. The molecule has 1 N–H and O–H groups in total. The molecular formula is C17H12F4N6O2S. The zero-order valence-corrected chi connectivity index (χ0v) is 15.9. The third kappa shape index (κ3) is 3.58. The number of halogens is 4. The largest absolute Gasteiger partial charge is 0.419 e. The van der Waals surface area contributed by atoms with Crippen LogP contribution in [0.2, 0.25) is 0 Å². The Morgan fingerprint density at radius 2 is 1.83 bits per heavy atom. The molecule has 156 valence electrons. The molecule has 0 radical (unpaired) electrons. The topological polar surface area (TPSA) is 94.7 Å². The van der Waals surface area contributed by atoms with Crippen LogP contribution in [0.25, 0.3) is 16.7 Å². The van der Waals surface area contributed by atoms with Gasteiger partial charge in [-0.05, 0) is 18.2 Å². The van der Waals surface area contributed by atoms with Gasteiger partial charge in [0, 0.05) is 30.9 Å². The molecular weight excluding hydrogens is 428 g/mol. The van der Waals surface area contributed by atoms with Gasteiger partial charge in [0.05, 0.1) is 29.2 Å². The van der Waals surface area contributed by atoms with Crippen LogP contribution in [0.4, 0.5) is 23.2 Å². The highest BCUT2D eigenvalue weighted by molar-refractivity contribution is 7.92. The van der Waals surface area contributed by atoms with Gasteiger partial charge in [-0.3, -0.25) is 9.40 Å². The molecule has 0 aliphatic rings. The highest BCUT2D eigenvalue weighted by atomic mass is 32.2. The maximum atomic E-state index is 13.8. The van der Waals surface area contributed by atoms with E-state index >= 15 is 0 Å². The van der Waals surface area contributed by atoms with Crippen molar-refractivity contribution in [1.29, 1.82) is 0 Å². The summed E-state index contributed by atoms with van der Waals surface area (Å²) < 4.78 is 81.9. The van der Waals surface area contributed by atoms with Gasteiger partial charge in [0.15, 0.2) is 5.82 Å². The molecule has 8 nitrogen and oxygen atoms in total. The number of alkyl halides is 3. The summed E-state index contributed by atoms with van der Waals surface area (Å²) >= 11 is 0. The van der Waals surface area contributed by atoms with E-state index in [2.05, 4.69) is 19.9 Å². The molecule has 30 heavy (non-hydrogen) atoms. The maximum Gasteiger partial charge on any atom is 0.419 e. The van der Waals surface area contributed by atoms with Crippen LogP contribution in [-0.4, -0.2) is 33.0 Å². The van der Waals surface area contributed by atoms with E-state index in [0.717, 1.165) is 29.2 Å². The molecule has 0 saturated heterocycles. The van der Waals surface area contributed by atoms with Crippen molar-refractivity contribution in [3.05, 3.63) is 60.4 Å². The minimum atomic E-state index is -4.56. The van der Waals surface area contributed by atoms with E-state index in [1.807, 2.05) is 0 Å². The SMILES string of the molecule is Cn1ncc2cc(F)cc(NS(=O)(=O)c3ccc(-n4cc(C(F)(F)F)cn4)nc3)c21. The first kappa shape index (κ1) is 19.8. The Bertz CT molecular complexity index is 1340. The van der Waals surface area contributed by atoms with Crippen LogP contribution >= 0.6 is 0 Å². The molecule has 3 aromatic heterocycles. The molecule has 0 bridgehead atoms. The zero-order valence-electron chi connectivity index (χ0n) is 15.1. The summed E-state index contributed by atoms with van der Waals surface area (Å²) in [4.78, 5) is 3.59. The number of hydrogen-bond acceptors (Lipinski definition) is 5. The van der Waals surface area contributed by atoms with Crippen molar-refractivity contribution in [3.63, 3.8) is 0 Å². The van der Waals surface area contributed by atoms with Crippen molar-refractivity contribution in [2.75, 3.05) is 4.72 Å². The van der Waals surface area contributed by atoms with Crippen molar-refractivity contribution in [2.45, 2.75) is 11.1 Å². The number of benzene rings is 1. The van der Waals surface area contributed by atoms with Crippen LogP contribution in [0.15, 0.2) is 53.9 Å². The molecule has 0 aliphatic heterocycles. The lowest BCUT2D eigenvalue weighted by Crippen LogP contribution is -2.14. The maximum absolute atomic E-state index is 13.8. The number of fused-ring (bicyclic) bond motifs is 1. The number of aromatic nitrogens is 5. The Morgan fingerprint density at radius 3 is 2.47 bits per heavy atom. The van der Waals surface area contributed by atoms with Gasteiger partial charge >= 0.3 is 6.18 Å². The molecule has 3 heterocycles. The molecule has 0 fully saturated rings. The van der Waals surface area contributed by atoms with E-state index in [0.29, 0.717) is 17.1 Å². The van der Waals surface area contributed by atoms with Crippen molar-refractivity contribution in [2.24, 2.45) is 7.05 Å². The molecule has 0 spiro atoms. The number of pyridine rings is 1. The average Bonchev–Trinajstić information content (AvgIpc) is 3.29. The van der Waals surface area contributed by atoms with Crippen LogP contribution in [0.1, 0.15) is 5.56 Å². The summed E-state index contributed by atoms with van der Waals surface area (Å²) in [6.45, 7) is 0. The van der Waals surface area contributed by atoms with Crippen LogP contribution < -0.4 is 4.72 Å². The second kappa shape index (κ2) is 6.79. The van der Waals surface area contributed by atoms with Gasteiger partial charge in [0.2, 0.25) is 0 Å². The van der Waals surface area contributed by atoms with E-state index < -0.39 is 27.6 Å². The molecule has 0 atom stereocenters. The van der Waals surface area contributed by atoms with E-state index in [1.165, 1.54) is 23.0 Å². The van der Waals surface area contributed by atoms with Crippen LogP contribution in [0.3, 0.4) is 0 Å². The quantitative estimate of drug-likeness (QED) is 0.492. The third-order valence-corrected chi connectivity index (χ3v) is 5.57. The second-order valence-electron chi connectivity index (χ2n) is 6.29. The van der Waals surface area contributed by atoms with E-state index in [-0.39, 0.29) is 16.4 Å².